The molecule has 2 heterocycles. The zero-order valence-corrected chi connectivity index (χ0v) is 14.6. The topological polar surface area (TPSA) is 42.0 Å². The van der Waals surface area contributed by atoms with Crippen LogP contribution >= 0.6 is 11.6 Å². The highest BCUT2D eigenvalue weighted by Gasteiger charge is 2.40. The predicted molar refractivity (Wildman–Crippen MR) is 89.2 cm³/mol. The minimum absolute atomic E-state index is 0.101. The minimum atomic E-state index is -0.101. The molecule has 2 fully saturated rings. The second-order valence-corrected chi connectivity index (χ2v) is 6.65. The van der Waals surface area contributed by atoms with Gasteiger partial charge in [-0.2, -0.15) is 0 Å². The highest BCUT2D eigenvalue weighted by atomic mass is 35.5. The molecule has 6 heteroatoms. The molecule has 2 atom stereocenters. The normalized spacial score (nSPS) is 24.7. The van der Waals surface area contributed by atoms with Crippen LogP contribution in [-0.4, -0.2) is 55.1 Å². The molecular formula is C17H23ClN2O3. The largest absolute Gasteiger partial charge is 0.493 e. The fourth-order valence-corrected chi connectivity index (χ4v) is 3.95. The number of carbonyl (C=O) groups excluding carboxylic acids is 1. The van der Waals surface area contributed by atoms with Gasteiger partial charge in [-0.15, -0.1) is 0 Å². The van der Waals surface area contributed by atoms with Gasteiger partial charge in [0.25, 0.3) is 0 Å². The van der Waals surface area contributed by atoms with E-state index in [1.54, 1.807) is 14.2 Å². The summed E-state index contributed by atoms with van der Waals surface area (Å²) in [6, 6.07) is 4.08. The monoisotopic (exact) mass is 338 g/mol. The summed E-state index contributed by atoms with van der Waals surface area (Å²) < 4.78 is 10.6. The third-order valence-electron chi connectivity index (χ3n) is 4.89. The van der Waals surface area contributed by atoms with E-state index in [1.165, 1.54) is 0 Å². The molecule has 0 bridgehead atoms. The molecule has 0 spiro atoms. The van der Waals surface area contributed by atoms with Crippen molar-refractivity contribution in [2.45, 2.75) is 38.4 Å². The third kappa shape index (κ3) is 3.00. The molecule has 1 aromatic carbocycles. The van der Waals surface area contributed by atoms with Crippen molar-refractivity contribution in [2.75, 3.05) is 27.3 Å². The maximum absolute atomic E-state index is 12.5. The van der Waals surface area contributed by atoms with Crippen LogP contribution in [0.2, 0.25) is 5.02 Å². The van der Waals surface area contributed by atoms with Crippen LogP contribution < -0.4 is 9.47 Å². The molecule has 0 N–H and O–H groups in total. The first-order valence-corrected chi connectivity index (χ1v) is 8.38. The van der Waals surface area contributed by atoms with Gasteiger partial charge < -0.3 is 14.4 Å². The van der Waals surface area contributed by atoms with Crippen LogP contribution in [0.4, 0.5) is 0 Å². The molecule has 126 valence electrons. The molecule has 0 saturated carbocycles. The van der Waals surface area contributed by atoms with E-state index in [0.29, 0.717) is 29.1 Å². The lowest BCUT2D eigenvalue weighted by Gasteiger charge is -2.41. The molecule has 0 aliphatic carbocycles. The molecule has 0 aromatic heterocycles. The Morgan fingerprint density at radius 3 is 2.78 bits per heavy atom. The minimum Gasteiger partial charge on any atom is -0.493 e. The summed E-state index contributed by atoms with van der Waals surface area (Å²) in [5.41, 5.74) is 1.03. The number of piperazine rings is 1. The van der Waals surface area contributed by atoms with Crippen molar-refractivity contribution in [1.29, 1.82) is 0 Å². The van der Waals surface area contributed by atoms with Gasteiger partial charge in [-0.3, -0.25) is 9.69 Å². The van der Waals surface area contributed by atoms with Gasteiger partial charge in [-0.05, 0) is 37.5 Å². The molecule has 2 aliphatic rings. The zero-order chi connectivity index (χ0) is 16.6. The molecule has 5 nitrogen and oxygen atoms in total. The van der Waals surface area contributed by atoms with E-state index in [1.807, 2.05) is 24.0 Å². The van der Waals surface area contributed by atoms with E-state index in [9.17, 15) is 4.79 Å². The van der Waals surface area contributed by atoms with Gasteiger partial charge in [0.05, 0.1) is 25.3 Å². The Morgan fingerprint density at radius 2 is 2.09 bits per heavy atom. The summed E-state index contributed by atoms with van der Waals surface area (Å²) in [6.07, 6.45) is 2.21. The highest BCUT2D eigenvalue weighted by molar-refractivity contribution is 6.32. The molecular weight excluding hydrogens is 316 g/mol. The van der Waals surface area contributed by atoms with Crippen LogP contribution in [0.1, 0.15) is 25.3 Å². The van der Waals surface area contributed by atoms with Gasteiger partial charge >= 0.3 is 0 Å². The second kappa shape index (κ2) is 6.57. The Balaban J connectivity index is 1.81. The third-order valence-corrected chi connectivity index (χ3v) is 5.17. The van der Waals surface area contributed by atoms with Crippen molar-refractivity contribution >= 4 is 17.5 Å². The van der Waals surface area contributed by atoms with Crippen molar-refractivity contribution in [3.05, 3.63) is 22.7 Å². The average Bonchev–Trinajstić information content (AvgIpc) is 3.00. The number of fused-ring (bicyclic) bond motifs is 1. The molecule has 23 heavy (non-hydrogen) atoms. The summed E-state index contributed by atoms with van der Waals surface area (Å²) in [6.45, 7) is 4.49. The van der Waals surface area contributed by atoms with Gasteiger partial charge in [-0.25, -0.2) is 0 Å². The number of methoxy groups -OCH3 is 2. The number of rotatable bonds is 4. The molecule has 1 amide bonds. The smallest absolute Gasteiger partial charge is 0.239 e. The Kier molecular flexibility index (Phi) is 4.69. The van der Waals surface area contributed by atoms with Gasteiger partial charge in [-0.1, -0.05) is 11.6 Å². The maximum Gasteiger partial charge on any atom is 0.239 e. The number of amides is 1. The average molecular weight is 339 g/mol. The molecule has 3 rings (SSSR count). The number of carbonyl (C=O) groups is 1. The molecule has 0 radical (unpaired) electrons. The fraction of sp³-hybridized carbons (Fsp3) is 0.588. The first kappa shape index (κ1) is 16.4. The summed E-state index contributed by atoms with van der Waals surface area (Å²) >= 11 is 6.29. The lowest BCUT2D eigenvalue weighted by molar-refractivity contribution is -0.143. The van der Waals surface area contributed by atoms with Crippen molar-refractivity contribution in [2.24, 2.45) is 0 Å². The van der Waals surface area contributed by atoms with E-state index in [4.69, 9.17) is 21.1 Å². The van der Waals surface area contributed by atoms with E-state index in [2.05, 4.69) is 4.90 Å². The SMILES string of the molecule is COc1cc(CN2C[C@@H]3CCCN3C(=O)[C@H]2C)cc(Cl)c1OC. The Bertz CT molecular complexity index is 608. The Labute approximate surface area is 142 Å². The summed E-state index contributed by atoms with van der Waals surface area (Å²) in [5, 5.41) is 0.528. The van der Waals surface area contributed by atoms with Crippen LogP contribution in [0.5, 0.6) is 11.5 Å². The summed E-state index contributed by atoms with van der Waals surface area (Å²) in [7, 11) is 3.17. The lowest BCUT2D eigenvalue weighted by Crippen LogP contribution is -2.58. The fourth-order valence-electron chi connectivity index (χ4n) is 3.64. The van der Waals surface area contributed by atoms with Gasteiger partial charge in [0.1, 0.15) is 0 Å². The van der Waals surface area contributed by atoms with Crippen LogP contribution in [0, 0.1) is 0 Å². The van der Waals surface area contributed by atoms with E-state index < -0.39 is 0 Å². The van der Waals surface area contributed by atoms with Crippen LogP contribution in [0.15, 0.2) is 12.1 Å². The number of halogens is 1. The van der Waals surface area contributed by atoms with E-state index in [-0.39, 0.29) is 11.9 Å². The standard InChI is InChI=1S/C17H23ClN2O3/c1-11-17(21)20-6-4-5-13(20)10-19(11)9-12-7-14(18)16(23-3)15(8-12)22-2/h7-8,11,13H,4-6,9-10H2,1-3H3/t11-,13+/m1/s1. The summed E-state index contributed by atoms with van der Waals surface area (Å²) in [5.74, 6) is 1.40. The van der Waals surface area contributed by atoms with Crippen molar-refractivity contribution < 1.29 is 14.3 Å². The van der Waals surface area contributed by atoms with Crippen LogP contribution in [-0.2, 0) is 11.3 Å². The molecule has 0 unspecified atom stereocenters. The Morgan fingerprint density at radius 1 is 1.30 bits per heavy atom. The van der Waals surface area contributed by atoms with Crippen LogP contribution in [0.3, 0.4) is 0 Å². The highest BCUT2D eigenvalue weighted by Crippen LogP contribution is 2.37. The van der Waals surface area contributed by atoms with E-state index in [0.717, 1.165) is 31.5 Å². The van der Waals surface area contributed by atoms with Gasteiger partial charge in [0.2, 0.25) is 5.91 Å². The predicted octanol–water partition coefficient (Wildman–Crippen LogP) is 2.55. The number of ether oxygens (including phenoxy) is 2. The van der Waals surface area contributed by atoms with Gasteiger partial charge in [0, 0.05) is 25.7 Å². The quantitative estimate of drug-likeness (QED) is 0.846. The first-order valence-electron chi connectivity index (χ1n) is 8.00. The van der Waals surface area contributed by atoms with Crippen molar-refractivity contribution in [3.8, 4) is 11.5 Å². The van der Waals surface area contributed by atoms with Crippen molar-refractivity contribution in [1.82, 2.24) is 9.80 Å². The number of hydrogen-bond donors (Lipinski definition) is 0. The van der Waals surface area contributed by atoms with Gasteiger partial charge in [0.15, 0.2) is 11.5 Å². The number of hydrogen-bond acceptors (Lipinski definition) is 4. The maximum atomic E-state index is 12.5. The first-order chi connectivity index (χ1) is 11.0. The molecule has 1 aromatic rings. The Hall–Kier alpha value is -1.46. The van der Waals surface area contributed by atoms with Crippen molar-refractivity contribution in [3.63, 3.8) is 0 Å². The van der Waals surface area contributed by atoms with Crippen LogP contribution in [0.25, 0.3) is 0 Å². The zero-order valence-electron chi connectivity index (χ0n) is 13.8. The number of benzene rings is 1. The second-order valence-electron chi connectivity index (χ2n) is 6.25. The van der Waals surface area contributed by atoms with E-state index >= 15 is 0 Å². The summed E-state index contributed by atoms with van der Waals surface area (Å²) in [4.78, 5) is 16.8. The molecule has 2 saturated heterocycles. The lowest BCUT2D eigenvalue weighted by atomic mass is 10.1. The molecule has 2 aliphatic heterocycles. The number of nitrogens with zero attached hydrogens (tertiary/aromatic N) is 2.